The van der Waals surface area contributed by atoms with Gasteiger partial charge in [-0.2, -0.15) is 0 Å². The van der Waals surface area contributed by atoms with Crippen LogP contribution < -0.4 is 0 Å². The molecule has 0 unspecified atom stereocenters. The number of benzene rings is 1. The molecule has 2 nitrogen and oxygen atoms in total. The molecule has 0 aliphatic heterocycles. The molecule has 0 spiro atoms. The van der Waals surface area contributed by atoms with Gasteiger partial charge in [-0.05, 0) is 19.1 Å². The summed E-state index contributed by atoms with van der Waals surface area (Å²) in [4.78, 5) is 11.6. The zero-order valence-electron chi connectivity index (χ0n) is 7.00. The summed E-state index contributed by atoms with van der Waals surface area (Å²) in [5, 5.41) is 9.32. The third kappa shape index (κ3) is 2.01. The van der Waals surface area contributed by atoms with E-state index in [-0.39, 0.29) is 10.9 Å². The van der Waals surface area contributed by atoms with Crippen LogP contribution >= 0.6 is 11.8 Å². The smallest absolute Gasteiger partial charge is 0.190 e. The van der Waals surface area contributed by atoms with Crippen LogP contribution in [0.15, 0.2) is 23.1 Å². The average Bonchev–Trinajstić information content (AvgIpc) is 1.98. The van der Waals surface area contributed by atoms with E-state index in [2.05, 4.69) is 0 Å². The van der Waals surface area contributed by atoms with E-state index in [1.807, 2.05) is 6.07 Å². The second kappa shape index (κ2) is 3.63. The highest BCUT2D eigenvalue weighted by molar-refractivity contribution is 8.13. The molecular weight excluding hydrogens is 172 g/mol. The van der Waals surface area contributed by atoms with Gasteiger partial charge >= 0.3 is 0 Å². The predicted octanol–water partition coefficient (Wildman–Crippen LogP) is 2.34. The van der Waals surface area contributed by atoms with E-state index in [1.54, 1.807) is 19.1 Å². The van der Waals surface area contributed by atoms with Crippen LogP contribution in [0.2, 0.25) is 0 Å². The van der Waals surface area contributed by atoms with Gasteiger partial charge in [-0.15, -0.1) is 0 Å². The standard InChI is InChI=1S/C9H10O2S/c1-6-8(11)4-3-5-9(6)12-7(2)10/h3-5,11H,1-2H3. The van der Waals surface area contributed by atoms with E-state index in [0.29, 0.717) is 0 Å². The fourth-order valence-electron chi connectivity index (χ4n) is 0.868. The SMILES string of the molecule is CC(=O)Sc1cccc(O)c1C. The van der Waals surface area contributed by atoms with Gasteiger partial charge in [0.1, 0.15) is 5.75 Å². The summed E-state index contributed by atoms with van der Waals surface area (Å²) in [7, 11) is 0. The molecule has 0 aliphatic rings. The number of hydrogen-bond acceptors (Lipinski definition) is 3. The minimum Gasteiger partial charge on any atom is -0.508 e. The van der Waals surface area contributed by atoms with Crippen LogP contribution in [0.25, 0.3) is 0 Å². The third-order valence-corrected chi connectivity index (χ3v) is 2.46. The van der Waals surface area contributed by atoms with Gasteiger partial charge in [-0.3, -0.25) is 4.79 Å². The number of thioether (sulfide) groups is 1. The van der Waals surface area contributed by atoms with Gasteiger partial charge in [0, 0.05) is 17.4 Å². The highest BCUT2D eigenvalue weighted by Crippen LogP contribution is 2.28. The van der Waals surface area contributed by atoms with Gasteiger partial charge in [-0.1, -0.05) is 17.8 Å². The number of rotatable bonds is 1. The summed E-state index contributed by atoms with van der Waals surface area (Å²) in [5.74, 6) is 0.237. The van der Waals surface area contributed by atoms with E-state index in [0.717, 1.165) is 22.2 Å². The normalized spacial score (nSPS) is 9.83. The van der Waals surface area contributed by atoms with Crippen LogP contribution in [0.3, 0.4) is 0 Å². The van der Waals surface area contributed by atoms with Crippen LogP contribution in [-0.2, 0) is 4.79 Å². The maximum absolute atomic E-state index is 10.8. The van der Waals surface area contributed by atoms with Crippen LogP contribution in [0.1, 0.15) is 12.5 Å². The minimum atomic E-state index is 0.0312. The van der Waals surface area contributed by atoms with Gasteiger partial charge in [0.15, 0.2) is 5.12 Å². The van der Waals surface area contributed by atoms with Crippen molar-refractivity contribution in [1.29, 1.82) is 0 Å². The molecule has 0 bridgehead atoms. The zero-order chi connectivity index (χ0) is 9.14. The molecule has 0 saturated heterocycles. The van der Waals surface area contributed by atoms with Crippen molar-refractivity contribution in [1.82, 2.24) is 0 Å². The van der Waals surface area contributed by atoms with Crippen molar-refractivity contribution in [3.05, 3.63) is 23.8 Å². The molecule has 1 N–H and O–H groups in total. The van der Waals surface area contributed by atoms with Gasteiger partial charge in [-0.25, -0.2) is 0 Å². The Morgan fingerprint density at radius 1 is 1.50 bits per heavy atom. The molecule has 0 atom stereocenters. The number of phenolic OH excluding ortho intramolecular Hbond substituents is 1. The van der Waals surface area contributed by atoms with Crippen molar-refractivity contribution in [3.63, 3.8) is 0 Å². The first-order valence-corrected chi connectivity index (χ1v) is 4.40. The Hall–Kier alpha value is -0.960. The van der Waals surface area contributed by atoms with Gasteiger partial charge in [0.2, 0.25) is 0 Å². The van der Waals surface area contributed by atoms with E-state index < -0.39 is 0 Å². The highest BCUT2D eigenvalue weighted by atomic mass is 32.2. The average molecular weight is 182 g/mol. The highest BCUT2D eigenvalue weighted by Gasteiger charge is 2.04. The fraction of sp³-hybridized carbons (Fsp3) is 0.222. The lowest BCUT2D eigenvalue weighted by atomic mass is 10.2. The molecule has 0 fully saturated rings. The largest absolute Gasteiger partial charge is 0.508 e. The van der Waals surface area contributed by atoms with Gasteiger partial charge < -0.3 is 5.11 Å². The Kier molecular flexibility index (Phi) is 2.76. The second-order valence-corrected chi connectivity index (χ2v) is 3.71. The summed E-state index contributed by atoms with van der Waals surface area (Å²) >= 11 is 1.14. The summed E-state index contributed by atoms with van der Waals surface area (Å²) in [6, 6.07) is 5.16. The number of carbonyl (C=O) groups is 1. The lowest BCUT2D eigenvalue weighted by molar-refractivity contribution is -0.109. The molecule has 64 valence electrons. The Morgan fingerprint density at radius 3 is 2.75 bits per heavy atom. The third-order valence-electron chi connectivity index (χ3n) is 1.51. The van der Waals surface area contributed by atoms with E-state index >= 15 is 0 Å². The second-order valence-electron chi connectivity index (χ2n) is 2.49. The van der Waals surface area contributed by atoms with Crippen molar-refractivity contribution in [2.75, 3.05) is 0 Å². The Morgan fingerprint density at radius 2 is 2.17 bits per heavy atom. The molecule has 12 heavy (non-hydrogen) atoms. The van der Waals surface area contributed by atoms with E-state index in [4.69, 9.17) is 0 Å². The molecule has 1 aromatic rings. The fourth-order valence-corrected chi connectivity index (χ4v) is 1.58. The summed E-state index contributed by atoms with van der Waals surface area (Å²) in [6.07, 6.45) is 0. The Labute approximate surface area is 75.6 Å². The zero-order valence-corrected chi connectivity index (χ0v) is 7.81. The van der Waals surface area contributed by atoms with Crippen LogP contribution in [-0.4, -0.2) is 10.2 Å². The molecular formula is C9H10O2S. The first-order valence-electron chi connectivity index (χ1n) is 3.58. The van der Waals surface area contributed by atoms with Crippen molar-refractivity contribution in [2.45, 2.75) is 18.7 Å². The maximum atomic E-state index is 10.8. The molecule has 0 heterocycles. The van der Waals surface area contributed by atoms with Crippen LogP contribution in [0.4, 0.5) is 0 Å². The minimum absolute atomic E-state index is 0.0312. The number of aromatic hydroxyl groups is 1. The molecule has 0 amide bonds. The van der Waals surface area contributed by atoms with Crippen LogP contribution in [0, 0.1) is 6.92 Å². The molecule has 3 heteroatoms. The van der Waals surface area contributed by atoms with Gasteiger partial charge in [0.05, 0.1) is 0 Å². The molecule has 1 rings (SSSR count). The first kappa shape index (κ1) is 9.13. The summed E-state index contributed by atoms with van der Waals surface area (Å²) in [5.41, 5.74) is 0.762. The van der Waals surface area contributed by atoms with Crippen molar-refractivity contribution < 1.29 is 9.90 Å². The molecule has 0 aromatic heterocycles. The van der Waals surface area contributed by atoms with Crippen molar-refractivity contribution in [3.8, 4) is 5.75 Å². The lowest BCUT2D eigenvalue weighted by Gasteiger charge is -2.03. The Balaban J connectivity index is 3.00. The van der Waals surface area contributed by atoms with Gasteiger partial charge in [0.25, 0.3) is 0 Å². The first-order chi connectivity index (χ1) is 5.61. The topological polar surface area (TPSA) is 37.3 Å². The molecule has 0 radical (unpaired) electrons. The molecule has 0 aliphatic carbocycles. The molecule has 0 saturated carbocycles. The maximum Gasteiger partial charge on any atom is 0.190 e. The van der Waals surface area contributed by atoms with E-state index in [1.165, 1.54) is 6.92 Å². The van der Waals surface area contributed by atoms with Crippen molar-refractivity contribution in [2.24, 2.45) is 0 Å². The monoisotopic (exact) mass is 182 g/mol. The molecule has 1 aromatic carbocycles. The van der Waals surface area contributed by atoms with Crippen molar-refractivity contribution >= 4 is 16.9 Å². The predicted molar refractivity (Wildman–Crippen MR) is 49.4 cm³/mol. The lowest BCUT2D eigenvalue weighted by Crippen LogP contribution is -1.85. The number of phenols is 1. The van der Waals surface area contributed by atoms with E-state index in [9.17, 15) is 9.90 Å². The summed E-state index contributed by atoms with van der Waals surface area (Å²) < 4.78 is 0. The quantitative estimate of drug-likeness (QED) is 0.677. The van der Waals surface area contributed by atoms with Crippen LogP contribution in [0.5, 0.6) is 5.75 Å². The summed E-state index contributed by atoms with van der Waals surface area (Å²) in [6.45, 7) is 3.30. The Bertz CT molecular complexity index is 307. The number of hydrogen-bond donors (Lipinski definition) is 1. The number of carbonyl (C=O) groups excluding carboxylic acids is 1.